The highest BCUT2D eigenvalue weighted by molar-refractivity contribution is 5.92. The van der Waals surface area contributed by atoms with Crippen molar-refractivity contribution in [2.24, 2.45) is 0 Å². The van der Waals surface area contributed by atoms with Crippen molar-refractivity contribution >= 4 is 17.5 Å². The zero-order chi connectivity index (χ0) is 16.7. The van der Waals surface area contributed by atoms with E-state index in [4.69, 9.17) is 0 Å². The fourth-order valence-electron chi connectivity index (χ4n) is 2.08. The number of hydrogen-bond acceptors (Lipinski definition) is 3. The Morgan fingerprint density at radius 1 is 1.09 bits per heavy atom. The maximum Gasteiger partial charge on any atom is 0.223 e. The van der Waals surface area contributed by atoms with E-state index in [1.165, 1.54) is 12.5 Å². The number of carbonyl (C=O) groups excluding carboxylic acids is 2. The van der Waals surface area contributed by atoms with Gasteiger partial charge in [0.05, 0.1) is 0 Å². The molecule has 0 aliphatic carbocycles. The lowest BCUT2D eigenvalue weighted by atomic mass is 10.1. The fourth-order valence-corrected chi connectivity index (χ4v) is 2.08. The molecule has 0 aromatic heterocycles. The van der Waals surface area contributed by atoms with Crippen molar-refractivity contribution in [3.8, 4) is 0 Å². The molecule has 22 heavy (non-hydrogen) atoms. The number of hydrogen-bond donors (Lipinski definition) is 1. The highest BCUT2D eigenvalue weighted by atomic mass is 16.2. The van der Waals surface area contributed by atoms with Crippen molar-refractivity contribution in [1.82, 2.24) is 10.2 Å². The lowest BCUT2D eigenvalue weighted by molar-refractivity contribution is -0.121. The molecule has 0 unspecified atom stereocenters. The normalized spacial score (nSPS) is 10.6. The third-order valence-corrected chi connectivity index (χ3v) is 3.63. The first-order valence-corrected chi connectivity index (χ1v) is 7.58. The Morgan fingerprint density at radius 3 is 2.32 bits per heavy atom. The SMILES string of the molecule is CC(=O)N(CCC(=O)NCCN(C)C)c1ccc(C)c(C)c1. The molecule has 5 heteroatoms. The Labute approximate surface area is 133 Å². The molecule has 5 nitrogen and oxygen atoms in total. The van der Waals surface area contributed by atoms with Gasteiger partial charge in [-0.05, 0) is 51.2 Å². The second-order valence-corrected chi connectivity index (χ2v) is 5.84. The molecule has 0 saturated carbocycles. The lowest BCUT2D eigenvalue weighted by Gasteiger charge is -2.22. The second kappa shape index (κ2) is 8.54. The molecule has 0 heterocycles. The van der Waals surface area contributed by atoms with Gasteiger partial charge in [0.15, 0.2) is 0 Å². The minimum absolute atomic E-state index is 0.0306. The van der Waals surface area contributed by atoms with Gasteiger partial charge in [-0.2, -0.15) is 0 Å². The number of benzene rings is 1. The van der Waals surface area contributed by atoms with Crippen LogP contribution in [0.15, 0.2) is 18.2 Å². The zero-order valence-electron chi connectivity index (χ0n) is 14.3. The largest absolute Gasteiger partial charge is 0.355 e. The van der Waals surface area contributed by atoms with Crippen LogP contribution >= 0.6 is 0 Å². The van der Waals surface area contributed by atoms with Crippen molar-refractivity contribution in [3.63, 3.8) is 0 Å². The highest BCUT2D eigenvalue weighted by Gasteiger charge is 2.14. The minimum Gasteiger partial charge on any atom is -0.355 e. The molecule has 1 N–H and O–H groups in total. The molecule has 1 rings (SSSR count). The van der Waals surface area contributed by atoms with Crippen molar-refractivity contribution in [3.05, 3.63) is 29.3 Å². The Hall–Kier alpha value is -1.88. The summed E-state index contributed by atoms with van der Waals surface area (Å²) >= 11 is 0. The predicted octanol–water partition coefficient (Wildman–Crippen LogP) is 1.72. The number of likely N-dealkylation sites (N-methyl/N-ethyl adjacent to an activating group) is 1. The van der Waals surface area contributed by atoms with Crippen molar-refractivity contribution in [2.45, 2.75) is 27.2 Å². The minimum atomic E-state index is -0.0515. The van der Waals surface area contributed by atoms with E-state index in [0.717, 1.165) is 17.8 Å². The van der Waals surface area contributed by atoms with E-state index < -0.39 is 0 Å². The summed E-state index contributed by atoms with van der Waals surface area (Å²) in [6.45, 7) is 7.40. The van der Waals surface area contributed by atoms with E-state index in [-0.39, 0.29) is 11.8 Å². The number of rotatable bonds is 7. The molecule has 1 aromatic rings. The van der Waals surface area contributed by atoms with E-state index in [2.05, 4.69) is 5.32 Å². The summed E-state index contributed by atoms with van der Waals surface area (Å²) in [5.74, 6) is -0.0821. The third kappa shape index (κ3) is 5.85. The molecule has 122 valence electrons. The summed E-state index contributed by atoms with van der Waals surface area (Å²) in [6, 6.07) is 5.91. The quantitative estimate of drug-likeness (QED) is 0.834. The third-order valence-electron chi connectivity index (χ3n) is 3.63. The predicted molar refractivity (Wildman–Crippen MR) is 90.1 cm³/mol. The number of nitrogens with one attached hydrogen (secondary N) is 1. The lowest BCUT2D eigenvalue weighted by Crippen LogP contribution is -2.36. The molecule has 0 bridgehead atoms. The molecule has 0 spiro atoms. The number of nitrogens with zero attached hydrogens (tertiary/aromatic N) is 2. The van der Waals surface area contributed by atoms with Crippen molar-refractivity contribution < 1.29 is 9.59 Å². The van der Waals surface area contributed by atoms with E-state index in [9.17, 15) is 9.59 Å². The van der Waals surface area contributed by atoms with E-state index in [0.29, 0.717) is 19.5 Å². The Kier molecular flexibility index (Phi) is 7.05. The molecule has 0 radical (unpaired) electrons. The van der Waals surface area contributed by atoms with Crippen LogP contribution in [0.3, 0.4) is 0 Å². The van der Waals surface area contributed by atoms with Gasteiger partial charge in [0.1, 0.15) is 0 Å². The zero-order valence-corrected chi connectivity index (χ0v) is 14.3. The summed E-state index contributed by atoms with van der Waals surface area (Å²) in [4.78, 5) is 27.3. The second-order valence-electron chi connectivity index (χ2n) is 5.84. The monoisotopic (exact) mass is 305 g/mol. The average molecular weight is 305 g/mol. The highest BCUT2D eigenvalue weighted by Crippen LogP contribution is 2.19. The van der Waals surface area contributed by atoms with Crippen LogP contribution in [0.2, 0.25) is 0 Å². The van der Waals surface area contributed by atoms with Crippen LogP contribution in [0.1, 0.15) is 24.5 Å². The average Bonchev–Trinajstić information content (AvgIpc) is 2.42. The van der Waals surface area contributed by atoms with Crippen molar-refractivity contribution in [1.29, 1.82) is 0 Å². The summed E-state index contributed by atoms with van der Waals surface area (Å²) in [5.41, 5.74) is 3.17. The van der Waals surface area contributed by atoms with Crippen LogP contribution in [0, 0.1) is 13.8 Å². The Bertz CT molecular complexity index is 527. The van der Waals surface area contributed by atoms with Gasteiger partial charge in [0, 0.05) is 38.7 Å². The van der Waals surface area contributed by atoms with Gasteiger partial charge < -0.3 is 15.1 Å². The molecule has 0 aliphatic rings. The molecule has 0 fully saturated rings. The maximum atomic E-state index is 11.8. The smallest absolute Gasteiger partial charge is 0.223 e. The molecule has 0 aliphatic heterocycles. The number of amides is 2. The summed E-state index contributed by atoms with van der Waals surface area (Å²) in [6.07, 6.45) is 0.305. The van der Waals surface area contributed by atoms with Crippen LogP contribution in [0.5, 0.6) is 0 Å². The molecular weight excluding hydrogens is 278 g/mol. The first kappa shape index (κ1) is 18.2. The van der Waals surface area contributed by atoms with Crippen LogP contribution in [0.4, 0.5) is 5.69 Å². The maximum absolute atomic E-state index is 11.8. The standard InChI is InChI=1S/C17H27N3O2/c1-13-6-7-16(12-14(13)2)20(15(3)21)10-8-17(22)18-9-11-19(4)5/h6-7,12H,8-11H2,1-5H3,(H,18,22). The van der Waals surface area contributed by atoms with Crippen molar-refractivity contribution in [2.75, 3.05) is 38.6 Å². The molecule has 0 atom stereocenters. The van der Waals surface area contributed by atoms with E-state index in [1.807, 2.05) is 51.0 Å². The first-order chi connectivity index (χ1) is 10.3. The van der Waals surface area contributed by atoms with Gasteiger partial charge in [-0.25, -0.2) is 0 Å². The Morgan fingerprint density at radius 2 is 1.77 bits per heavy atom. The van der Waals surface area contributed by atoms with E-state index >= 15 is 0 Å². The number of aryl methyl sites for hydroxylation is 2. The fraction of sp³-hybridized carbons (Fsp3) is 0.529. The van der Waals surface area contributed by atoms with Crippen LogP contribution in [-0.2, 0) is 9.59 Å². The number of anilines is 1. The molecular formula is C17H27N3O2. The van der Waals surface area contributed by atoms with Gasteiger partial charge in [-0.15, -0.1) is 0 Å². The first-order valence-electron chi connectivity index (χ1n) is 7.58. The van der Waals surface area contributed by atoms with Crippen LogP contribution in [0.25, 0.3) is 0 Å². The summed E-state index contributed by atoms with van der Waals surface area (Å²) in [7, 11) is 3.92. The van der Waals surface area contributed by atoms with Crippen LogP contribution in [-0.4, -0.2) is 50.4 Å². The van der Waals surface area contributed by atoms with E-state index in [1.54, 1.807) is 4.90 Å². The molecule has 0 saturated heterocycles. The molecule has 2 amide bonds. The van der Waals surface area contributed by atoms with Gasteiger partial charge in [-0.1, -0.05) is 6.07 Å². The van der Waals surface area contributed by atoms with Crippen LogP contribution < -0.4 is 10.2 Å². The Balaban J connectivity index is 2.60. The summed E-state index contributed by atoms with van der Waals surface area (Å²) < 4.78 is 0. The summed E-state index contributed by atoms with van der Waals surface area (Å²) in [5, 5.41) is 2.86. The van der Waals surface area contributed by atoms with Gasteiger partial charge in [-0.3, -0.25) is 9.59 Å². The number of carbonyl (C=O) groups is 2. The van der Waals surface area contributed by atoms with Gasteiger partial charge in [0.25, 0.3) is 0 Å². The molecule has 1 aromatic carbocycles. The van der Waals surface area contributed by atoms with Gasteiger partial charge >= 0.3 is 0 Å². The topological polar surface area (TPSA) is 52.7 Å². The van der Waals surface area contributed by atoms with Gasteiger partial charge in [0.2, 0.25) is 11.8 Å².